The molecule has 0 bridgehead atoms. The normalized spacial score (nSPS) is 14.4. The molecular formula is C67H42N2. The molecule has 0 N–H and O–H groups in total. The zero-order valence-corrected chi connectivity index (χ0v) is 37.6. The Kier molecular flexibility index (Phi) is 8.02. The number of fused-ring (bicyclic) bond motifs is 18. The summed E-state index contributed by atoms with van der Waals surface area (Å²) < 4.78 is 2.53. The molecule has 2 aliphatic rings. The zero-order valence-electron chi connectivity index (χ0n) is 37.6. The van der Waals surface area contributed by atoms with Crippen LogP contribution in [0.1, 0.15) is 22.3 Å². The summed E-state index contributed by atoms with van der Waals surface area (Å²) in [5.41, 5.74) is 19.1. The minimum Gasteiger partial charge on any atom is -0.310 e. The van der Waals surface area contributed by atoms with Gasteiger partial charge in [-0.15, -0.1) is 0 Å². The summed E-state index contributed by atoms with van der Waals surface area (Å²) in [7, 11) is 0. The molecule has 1 spiro atoms. The number of nitrogens with zero attached hydrogens (tertiary/aromatic N) is 2. The van der Waals surface area contributed by atoms with Crippen LogP contribution in [0.25, 0.3) is 93.2 Å². The van der Waals surface area contributed by atoms with E-state index < -0.39 is 5.41 Å². The Hall–Kier alpha value is -8.98. The van der Waals surface area contributed by atoms with Crippen LogP contribution in [0, 0.1) is 0 Å². The van der Waals surface area contributed by atoms with E-state index in [9.17, 15) is 0 Å². The number of benzene rings is 12. The first-order valence-corrected chi connectivity index (χ1v) is 24.0. The number of rotatable bonds is 5. The van der Waals surface area contributed by atoms with Gasteiger partial charge in [-0.1, -0.05) is 206 Å². The lowest BCUT2D eigenvalue weighted by atomic mass is 9.65. The second-order valence-corrected chi connectivity index (χ2v) is 18.7. The maximum atomic E-state index is 2.53. The van der Waals surface area contributed by atoms with Gasteiger partial charge >= 0.3 is 0 Å². The lowest BCUT2D eigenvalue weighted by Crippen LogP contribution is -2.33. The quantitative estimate of drug-likeness (QED) is 0.156. The Morgan fingerprint density at radius 3 is 1.48 bits per heavy atom. The molecule has 2 nitrogen and oxygen atoms in total. The Morgan fingerprint density at radius 2 is 0.754 bits per heavy atom. The minimum absolute atomic E-state index is 0.567. The van der Waals surface area contributed by atoms with Gasteiger partial charge in [0.25, 0.3) is 0 Å². The van der Waals surface area contributed by atoms with E-state index in [4.69, 9.17) is 0 Å². The number of hydrogen-bond acceptors (Lipinski definition) is 1. The topological polar surface area (TPSA) is 8.17 Å². The third kappa shape index (κ3) is 5.31. The molecule has 69 heavy (non-hydrogen) atoms. The molecule has 1 atom stereocenters. The third-order valence-electron chi connectivity index (χ3n) is 15.4. The Labute approximate surface area is 400 Å². The van der Waals surface area contributed by atoms with Crippen LogP contribution in [-0.2, 0) is 5.41 Å². The second-order valence-electron chi connectivity index (χ2n) is 18.7. The number of para-hydroxylation sites is 3. The van der Waals surface area contributed by atoms with E-state index in [2.05, 4.69) is 264 Å². The molecule has 2 heteroatoms. The fourth-order valence-electron chi connectivity index (χ4n) is 12.5. The van der Waals surface area contributed by atoms with E-state index in [-0.39, 0.29) is 0 Å². The fraction of sp³-hybridized carbons (Fsp3) is 0.0149. The highest BCUT2D eigenvalue weighted by Crippen LogP contribution is 2.62. The molecule has 1 aliphatic carbocycles. The molecule has 12 aromatic carbocycles. The molecule has 0 saturated heterocycles. The predicted molar refractivity (Wildman–Crippen MR) is 290 cm³/mol. The summed E-state index contributed by atoms with van der Waals surface area (Å²) in [5.74, 6) is 0. The van der Waals surface area contributed by atoms with Gasteiger partial charge in [-0.2, -0.15) is 0 Å². The first-order valence-electron chi connectivity index (χ1n) is 24.0. The number of hydrogen-bond donors (Lipinski definition) is 0. The molecular weight excluding hydrogens is 833 g/mol. The summed E-state index contributed by atoms with van der Waals surface area (Å²) >= 11 is 0. The molecule has 0 radical (unpaired) electrons. The van der Waals surface area contributed by atoms with E-state index >= 15 is 0 Å². The number of aromatic nitrogens is 1. The highest BCUT2D eigenvalue weighted by atomic mass is 15.1. The molecule has 0 amide bonds. The average molecular weight is 875 g/mol. The summed E-state index contributed by atoms with van der Waals surface area (Å²) in [6.45, 7) is 0. The highest BCUT2D eigenvalue weighted by Gasteiger charge is 2.51. The summed E-state index contributed by atoms with van der Waals surface area (Å²) in [6, 6.07) is 95.0. The molecule has 13 aromatic rings. The van der Waals surface area contributed by atoms with Crippen LogP contribution >= 0.6 is 0 Å². The molecule has 1 unspecified atom stereocenters. The molecule has 0 saturated carbocycles. The largest absolute Gasteiger partial charge is 0.310 e. The predicted octanol–water partition coefficient (Wildman–Crippen LogP) is 17.7. The monoisotopic (exact) mass is 874 g/mol. The molecule has 1 aliphatic heterocycles. The minimum atomic E-state index is -0.567. The van der Waals surface area contributed by atoms with Crippen LogP contribution in [0.5, 0.6) is 0 Å². The van der Waals surface area contributed by atoms with Gasteiger partial charge in [0, 0.05) is 27.8 Å². The van der Waals surface area contributed by atoms with Gasteiger partial charge in [-0.05, 0) is 136 Å². The Morgan fingerprint density at radius 1 is 0.275 bits per heavy atom. The van der Waals surface area contributed by atoms with Crippen molar-refractivity contribution in [3.05, 3.63) is 277 Å². The van der Waals surface area contributed by atoms with Crippen molar-refractivity contribution in [2.45, 2.75) is 5.41 Å². The van der Waals surface area contributed by atoms with Crippen LogP contribution < -0.4 is 4.90 Å². The lowest BCUT2D eigenvalue weighted by Gasteiger charge is -2.40. The molecule has 1 aromatic heterocycles. The van der Waals surface area contributed by atoms with Crippen molar-refractivity contribution < 1.29 is 0 Å². The average Bonchev–Trinajstić information content (AvgIpc) is 3.92. The van der Waals surface area contributed by atoms with Crippen molar-refractivity contribution in [2.24, 2.45) is 0 Å². The van der Waals surface area contributed by atoms with Crippen molar-refractivity contribution in [1.29, 1.82) is 0 Å². The second kappa shape index (κ2) is 14.5. The van der Waals surface area contributed by atoms with Gasteiger partial charge < -0.3 is 9.47 Å². The van der Waals surface area contributed by atoms with Gasteiger partial charge in [0.1, 0.15) is 0 Å². The van der Waals surface area contributed by atoms with Crippen molar-refractivity contribution >= 4 is 71.2 Å². The smallest absolute Gasteiger partial charge is 0.0755 e. The van der Waals surface area contributed by atoms with Gasteiger partial charge in [-0.25, -0.2) is 0 Å². The lowest BCUT2D eigenvalue weighted by molar-refractivity contribution is 0.748. The SMILES string of the molecule is c1ccc(-c2ccc(-c3ccc(N(c4ccc5c(c4)C4(c6ccccc6-5)c5ccccc5-n5c6ccccc6c6cccc4c65)c4ccc5c6ccccc6c6ccccc6c5c4)cc3)cc2)cc1. The molecule has 15 rings (SSSR count). The first kappa shape index (κ1) is 38.2. The van der Waals surface area contributed by atoms with Crippen molar-refractivity contribution in [2.75, 3.05) is 4.90 Å². The first-order chi connectivity index (χ1) is 34.2. The van der Waals surface area contributed by atoms with Gasteiger partial charge in [0.05, 0.1) is 22.1 Å². The Bertz CT molecular complexity index is 4200. The van der Waals surface area contributed by atoms with Crippen molar-refractivity contribution in [3.8, 4) is 39.1 Å². The summed E-state index contributed by atoms with van der Waals surface area (Å²) in [5, 5.41) is 10.1. The van der Waals surface area contributed by atoms with Crippen LogP contribution in [0.4, 0.5) is 17.1 Å². The van der Waals surface area contributed by atoms with E-state index in [0.717, 1.165) is 17.1 Å². The molecule has 0 fully saturated rings. The number of anilines is 3. The fourth-order valence-corrected chi connectivity index (χ4v) is 12.5. The van der Waals surface area contributed by atoms with Crippen LogP contribution in [0.3, 0.4) is 0 Å². The van der Waals surface area contributed by atoms with Gasteiger partial charge in [-0.3, -0.25) is 0 Å². The summed E-state index contributed by atoms with van der Waals surface area (Å²) in [6.07, 6.45) is 0. The van der Waals surface area contributed by atoms with E-state index in [1.807, 2.05) is 0 Å². The van der Waals surface area contributed by atoms with E-state index in [0.29, 0.717) is 0 Å². The third-order valence-corrected chi connectivity index (χ3v) is 15.4. The molecule has 320 valence electrons. The molecule has 2 heterocycles. The van der Waals surface area contributed by atoms with Crippen molar-refractivity contribution in [3.63, 3.8) is 0 Å². The van der Waals surface area contributed by atoms with Crippen LogP contribution in [-0.4, -0.2) is 4.57 Å². The maximum absolute atomic E-state index is 2.53. The van der Waals surface area contributed by atoms with Gasteiger partial charge in [0.2, 0.25) is 0 Å². The zero-order chi connectivity index (χ0) is 45.2. The maximum Gasteiger partial charge on any atom is 0.0755 e. The summed E-state index contributed by atoms with van der Waals surface area (Å²) in [4.78, 5) is 2.48. The van der Waals surface area contributed by atoms with Crippen LogP contribution in [0.15, 0.2) is 255 Å². The van der Waals surface area contributed by atoms with E-state index in [1.165, 1.54) is 115 Å². The van der Waals surface area contributed by atoms with E-state index in [1.54, 1.807) is 0 Å². The highest BCUT2D eigenvalue weighted by molar-refractivity contribution is 6.26. The van der Waals surface area contributed by atoms with Crippen LogP contribution in [0.2, 0.25) is 0 Å². The van der Waals surface area contributed by atoms with Gasteiger partial charge in [0.15, 0.2) is 0 Å². The Balaban J connectivity index is 0.974. The standard InChI is InChI=1S/C67H42N2/c1-2-15-43(16-3-1)44-29-31-45(32-30-44)46-33-35-47(36-34-46)68(48-37-39-54-52-19-5-4-17-50(52)51-18-6-7-20-53(51)59(54)41-48)49-38-40-56-55-21-8-10-24-60(55)67(63(56)42-49)61-25-11-13-28-65(61)69-64-27-12-9-22-57(64)58-23-14-26-62(67)66(58)69/h1-42H. The van der Waals surface area contributed by atoms with Crippen molar-refractivity contribution in [1.82, 2.24) is 4.57 Å².